The lowest BCUT2D eigenvalue weighted by atomic mass is 10.0. The second-order valence-corrected chi connectivity index (χ2v) is 5.49. The molecular weight excluding hydrogens is 329 g/mol. The predicted octanol–water partition coefficient (Wildman–Crippen LogP) is 4.83. The first-order valence-corrected chi connectivity index (χ1v) is 7.29. The summed E-state index contributed by atoms with van der Waals surface area (Å²) in [6, 6.07) is 4.38. The molecule has 0 aliphatic carbocycles. The van der Waals surface area contributed by atoms with Crippen LogP contribution >= 0.6 is 27.7 Å². The highest BCUT2D eigenvalue weighted by atomic mass is 79.9. The van der Waals surface area contributed by atoms with Crippen molar-refractivity contribution in [3.05, 3.63) is 29.3 Å². The van der Waals surface area contributed by atoms with E-state index in [0.29, 0.717) is 29.3 Å². The summed E-state index contributed by atoms with van der Waals surface area (Å²) >= 11 is 3.03. The van der Waals surface area contributed by atoms with E-state index in [4.69, 9.17) is 0 Å². The minimum Gasteiger partial charge on any atom is -0.294 e. The molecule has 0 N–H and O–H groups in total. The van der Waals surface area contributed by atoms with Gasteiger partial charge in [-0.05, 0) is 35.9 Å². The first-order valence-electron chi connectivity index (χ1n) is 5.35. The number of alkyl halides is 4. The van der Waals surface area contributed by atoms with Crippen LogP contribution in [0, 0.1) is 0 Å². The SMILES string of the molecule is CCc1cc(C(=O)CCBr)ccc1SC(F)(F)F. The smallest absolute Gasteiger partial charge is 0.294 e. The van der Waals surface area contributed by atoms with Crippen LogP contribution in [-0.4, -0.2) is 16.6 Å². The highest BCUT2D eigenvalue weighted by molar-refractivity contribution is 9.09. The van der Waals surface area contributed by atoms with E-state index in [-0.39, 0.29) is 22.4 Å². The fraction of sp³-hybridized carbons (Fsp3) is 0.417. The van der Waals surface area contributed by atoms with Crippen LogP contribution in [-0.2, 0) is 6.42 Å². The van der Waals surface area contributed by atoms with Gasteiger partial charge >= 0.3 is 5.51 Å². The van der Waals surface area contributed by atoms with Crippen LogP contribution in [0.4, 0.5) is 13.2 Å². The van der Waals surface area contributed by atoms with Crippen LogP contribution in [0.5, 0.6) is 0 Å². The normalized spacial score (nSPS) is 11.6. The molecule has 0 saturated heterocycles. The Labute approximate surface area is 116 Å². The van der Waals surface area contributed by atoms with Crippen LogP contribution in [0.3, 0.4) is 0 Å². The van der Waals surface area contributed by atoms with Gasteiger partial charge in [0.1, 0.15) is 0 Å². The lowest BCUT2D eigenvalue weighted by Crippen LogP contribution is -2.04. The van der Waals surface area contributed by atoms with Gasteiger partial charge in [-0.3, -0.25) is 4.79 Å². The third-order valence-electron chi connectivity index (χ3n) is 2.31. The molecule has 0 spiro atoms. The maximum absolute atomic E-state index is 12.3. The zero-order valence-electron chi connectivity index (χ0n) is 9.68. The van der Waals surface area contributed by atoms with E-state index in [1.165, 1.54) is 12.1 Å². The third kappa shape index (κ3) is 4.65. The van der Waals surface area contributed by atoms with Gasteiger partial charge < -0.3 is 0 Å². The summed E-state index contributed by atoms with van der Waals surface area (Å²) in [6.45, 7) is 1.77. The number of aryl methyl sites for hydroxylation is 1. The summed E-state index contributed by atoms with van der Waals surface area (Å²) in [4.78, 5) is 11.8. The second-order valence-electron chi connectivity index (χ2n) is 3.59. The van der Waals surface area contributed by atoms with E-state index < -0.39 is 5.51 Å². The number of Topliss-reactive ketones (excluding diaryl/α,β-unsaturated/α-hetero) is 1. The molecule has 0 bridgehead atoms. The van der Waals surface area contributed by atoms with Gasteiger partial charge in [-0.1, -0.05) is 28.9 Å². The van der Waals surface area contributed by atoms with E-state index in [1.54, 1.807) is 13.0 Å². The third-order valence-corrected chi connectivity index (χ3v) is 3.56. The number of hydrogen-bond acceptors (Lipinski definition) is 2. The number of ketones is 1. The number of hydrogen-bond donors (Lipinski definition) is 0. The summed E-state index contributed by atoms with van der Waals surface area (Å²) in [7, 11) is 0. The molecule has 0 aliphatic heterocycles. The summed E-state index contributed by atoms with van der Waals surface area (Å²) in [5, 5.41) is 0.548. The molecule has 1 aromatic rings. The largest absolute Gasteiger partial charge is 0.446 e. The molecular formula is C12H12BrF3OS. The first-order chi connectivity index (χ1) is 8.37. The molecule has 1 aromatic carbocycles. The van der Waals surface area contributed by atoms with E-state index in [2.05, 4.69) is 15.9 Å². The van der Waals surface area contributed by atoms with Crippen molar-refractivity contribution >= 4 is 33.5 Å². The minimum atomic E-state index is -4.30. The molecule has 0 atom stereocenters. The summed E-state index contributed by atoms with van der Waals surface area (Å²) in [5.74, 6) is -0.0647. The molecule has 100 valence electrons. The van der Waals surface area contributed by atoms with Crippen molar-refractivity contribution in [1.29, 1.82) is 0 Å². The van der Waals surface area contributed by atoms with Crippen molar-refractivity contribution < 1.29 is 18.0 Å². The summed E-state index contributed by atoms with van der Waals surface area (Å²) < 4.78 is 37.0. The fourth-order valence-electron chi connectivity index (χ4n) is 1.48. The Bertz CT molecular complexity index is 432. The zero-order valence-corrected chi connectivity index (χ0v) is 12.1. The Hall–Kier alpha value is -0.490. The van der Waals surface area contributed by atoms with Crippen LogP contribution < -0.4 is 0 Å². The average Bonchev–Trinajstić information content (AvgIpc) is 2.27. The molecule has 0 radical (unpaired) electrons. The molecule has 1 rings (SSSR count). The quantitative estimate of drug-likeness (QED) is 0.434. The average molecular weight is 341 g/mol. The van der Waals surface area contributed by atoms with Gasteiger partial charge in [0.25, 0.3) is 0 Å². The van der Waals surface area contributed by atoms with Crippen molar-refractivity contribution in [2.24, 2.45) is 0 Å². The Morgan fingerprint density at radius 3 is 2.56 bits per heavy atom. The van der Waals surface area contributed by atoms with Gasteiger partial charge in [0.15, 0.2) is 5.78 Å². The van der Waals surface area contributed by atoms with Gasteiger partial charge in [-0.15, -0.1) is 0 Å². The second kappa shape index (κ2) is 6.61. The molecule has 0 saturated carbocycles. The van der Waals surface area contributed by atoms with Crippen LogP contribution in [0.2, 0.25) is 0 Å². The van der Waals surface area contributed by atoms with Gasteiger partial charge in [-0.25, -0.2) is 0 Å². The Morgan fingerprint density at radius 2 is 2.06 bits per heavy atom. The van der Waals surface area contributed by atoms with E-state index in [0.717, 1.165) is 0 Å². The van der Waals surface area contributed by atoms with Crippen LogP contribution in [0.25, 0.3) is 0 Å². The molecule has 0 fully saturated rings. The molecule has 0 heterocycles. The van der Waals surface area contributed by atoms with Crippen molar-refractivity contribution in [1.82, 2.24) is 0 Å². The maximum Gasteiger partial charge on any atom is 0.446 e. The lowest BCUT2D eigenvalue weighted by molar-refractivity contribution is -0.0328. The highest BCUT2D eigenvalue weighted by Gasteiger charge is 2.30. The van der Waals surface area contributed by atoms with E-state index >= 15 is 0 Å². The number of thioether (sulfide) groups is 1. The Morgan fingerprint density at radius 1 is 1.39 bits per heavy atom. The van der Waals surface area contributed by atoms with E-state index in [1.807, 2.05) is 0 Å². The van der Waals surface area contributed by atoms with Crippen LogP contribution in [0.1, 0.15) is 29.3 Å². The summed E-state index contributed by atoms with van der Waals surface area (Å²) in [6.07, 6.45) is 0.808. The molecule has 18 heavy (non-hydrogen) atoms. The summed E-state index contributed by atoms with van der Waals surface area (Å²) in [5.41, 5.74) is -3.28. The van der Waals surface area contributed by atoms with Crippen LogP contribution in [0.15, 0.2) is 23.1 Å². The molecule has 0 amide bonds. The Kier molecular flexibility index (Phi) is 5.72. The molecule has 1 nitrogen and oxygen atoms in total. The van der Waals surface area contributed by atoms with Gasteiger partial charge in [0.05, 0.1) is 0 Å². The standard InChI is InChI=1S/C12H12BrF3OS/c1-2-8-7-9(10(17)5-6-13)3-4-11(8)18-12(14,15)16/h3-4,7H,2,5-6H2,1H3. The lowest BCUT2D eigenvalue weighted by Gasteiger charge is -2.11. The van der Waals surface area contributed by atoms with Crippen molar-refractivity contribution in [3.63, 3.8) is 0 Å². The molecule has 0 aliphatic rings. The zero-order chi connectivity index (χ0) is 13.8. The minimum absolute atomic E-state index is 0.0647. The Balaban J connectivity index is 3.00. The van der Waals surface area contributed by atoms with E-state index in [9.17, 15) is 18.0 Å². The molecule has 0 aromatic heterocycles. The number of halogens is 4. The monoisotopic (exact) mass is 340 g/mol. The maximum atomic E-state index is 12.3. The van der Waals surface area contributed by atoms with Crippen molar-refractivity contribution in [2.45, 2.75) is 30.2 Å². The number of carbonyl (C=O) groups excluding carboxylic acids is 1. The highest BCUT2D eigenvalue weighted by Crippen LogP contribution is 2.39. The fourth-order valence-corrected chi connectivity index (χ4v) is 2.56. The number of carbonyl (C=O) groups is 1. The number of rotatable bonds is 5. The number of benzene rings is 1. The van der Waals surface area contributed by atoms with Crippen molar-refractivity contribution in [2.75, 3.05) is 5.33 Å². The first kappa shape index (κ1) is 15.6. The van der Waals surface area contributed by atoms with Gasteiger partial charge in [0.2, 0.25) is 0 Å². The predicted molar refractivity (Wildman–Crippen MR) is 70.5 cm³/mol. The molecule has 6 heteroatoms. The van der Waals surface area contributed by atoms with Crippen molar-refractivity contribution in [3.8, 4) is 0 Å². The van der Waals surface area contributed by atoms with Gasteiger partial charge in [-0.2, -0.15) is 13.2 Å². The molecule has 0 unspecified atom stereocenters. The van der Waals surface area contributed by atoms with Gasteiger partial charge in [0, 0.05) is 22.2 Å². The topological polar surface area (TPSA) is 17.1 Å².